The van der Waals surface area contributed by atoms with Gasteiger partial charge in [0, 0.05) is 37.1 Å². The molecule has 1 saturated heterocycles. The van der Waals surface area contributed by atoms with Gasteiger partial charge in [0.05, 0.1) is 10.5 Å². The van der Waals surface area contributed by atoms with Crippen LogP contribution >= 0.6 is 8.17 Å². The largest absolute Gasteiger partial charge is 0.613 e. The zero-order valence-corrected chi connectivity index (χ0v) is 28.9. The molecular weight excluding hydrogens is 640 g/mol. The van der Waals surface area contributed by atoms with Crippen LogP contribution in [0.15, 0.2) is 41.0 Å². The summed E-state index contributed by atoms with van der Waals surface area (Å²) >= 11 is 0. The number of fused-ring (bicyclic) bond motifs is 5. The molecule has 4 fully saturated rings. The Hall–Kier alpha value is -1.27. The standard InChI is InChI=1S/C33H49F3N2O6PS/c1-21-19-38(46(42,43)29-8-6-5-7-28(29)33(34,35)36)22(2)18-37(21)20-23-13-15-31(3)24(17-23)9-10-25-26-11-12-30(44-45(39,40)41)32(26,4)16-14-27(25)31/h5-8,12,21-27,39-41H,9-11,13-20H2,1-4H3/q+1/t21?,22?,23-,24?,25-,26?,27?,31-,32-/m0/s1. The summed E-state index contributed by atoms with van der Waals surface area (Å²) in [6.07, 6.45) is 5.59. The van der Waals surface area contributed by atoms with E-state index >= 15 is 0 Å². The maximum absolute atomic E-state index is 13.7. The highest BCUT2D eigenvalue weighted by molar-refractivity contribution is 7.89. The number of alkyl halides is 3. The van der Waals surface area contributed by atoms with Crippen LogP contribution in [0.4, 0.5) is 13.2 Å². The average Bonchev–Trinajstić information content (AvgIpc) is 3.29. The zero-order valence-electron chi connectivity index (χ0n) is 27.2. The van der Waals surface area contributed by atoms with Gasteiger partial charge in [-0.25, -0.2) is 8.42 Å². The average molecular weight is 690 g/mol. The predicted octanol–water partition coefficient (Wildman–Crippen LogP) is 6.61. The molecule has 0 aromatic heterocycles. The Balaban J connectivity index is 1.09. The topological polar surface area (TPSA) is 111 Å². The summed E-state index contributed by atoms with van der Waals surface area (Å²) in [5.74, 6) is 3.09. The Kier molecular flexibility index (Phi) is 8.99. The molecule has 258 valence electrons. The van der Waals surface area contributed by atoms with E-state index in [1.165, 1.54) is 16.4 Å². The van der Waals surface area contributed by atoms with Crippen molar-refractivity contribution in [2.45, 2.75) is 102 Å². The monoisotopic (exact) mass is 689 g/mol. The van der Waals surface area contributed by atoms with Crippen molar-refractivity contribution in [3.63, 3.8) is 0 Å². The summed E-state index contributed by atoms with van der Waals surface area (Å²) in [6, 6.07) is 3.88. The quantitative estimate of drug-likeness (QED) is 0.289. The van der Waals surface area contributed by atoms with E-state index in [1.807, 2.05) is 13.0 Å². The van der Waals surface area contributed by atoms with Crippen LogP contribution < -0.4 is 0 Å². The summed E-state index contributed by atoms with van der Waals surface area (Å²) in [5.41, 5.74) is -1.19. The number of rotatable bonds is 6. The van der Waals surface area contributed by atoms with E-state index in [0.29, 0.717) is 41.9 Å². The van der Waals surface area contributed by atoms with Crippen molar-refractivity contribution >= 4 is 18.2 Å². The van der Waals surface area contributed by atoms with Crippen molar-refractivity contribution in [1.82, 2.24) is 9.21 Å². The van der Waals surface area contributed by atoms with Gasteiger partial charge in [-0.1, -0.05) is 26.0 Å². The van der Waals surface area contributed by atoms with Crippen molar-refractivity contribution in [2.75, 3.05) is 19.6 Å². The lowest BCUT2D eigenvalue weighted by molar-refractivity contribution is -0.140. The molecule has 1 aromatic carbocycles. The normalized spacial score (nSPS) is 39.3. The minimum atomic E-state index is -4.76. The first-order valence-corrected chi connectivity index (χ1v) is 19.7. The number of piperazine rings is 1. The number of nitrogens with zero attached hydrogens (tertiary/aromatic N) is 2. The first-order chi connectivity index (χ1) is 21.3. The SMILES string of the molecule is CC1CN(S(=O)(=O)c2ccccc2C(F)(F)F)C(C)CN1C[C@H]1CC[C@@]2(C)C(CC[C@@H]3C2CC[C@]2(C)C(O[P+](O)(O)O)=CCC32)C1. The molecule has 13 heteroatoms. The highest BCUT2D eigenvalue weighted by atomic mass is 32.2. The van der Waals surface area contributed by atoms with Gasteiger partial charge in [-0.05, 0) is 118 Å². The van der Waals surface area contributed by atoms with Gasteiger partial charge >= 0.3 is 14.3 Å². The van der Waals surface area contributed by atoms with E-state index in [9.17, 15) is 36.3 Å². The van der Waals surface area contributed by atoms with Crippen LogP contribution in [-0.2, 0) is 20.7 Å². The fraction of sp³-hybridized carbons (Fsp3) is 0.758. The molecule has 6 rings (SSSR count). The third kappa shape index (κ3) is 6.07. The summed E-state index contributed by atoms with van der Waals surface area (Å²) in [5, 5.41) is 0. The molecule has 1 aliphatic heterocycles. The summed E-state index contributed by atoms with van der Waals surface area (Å²) < 4.78 is 74.8. The fourth-order valence-electron chi connectivity index (χ4n) is 10.5. The highest BCUT2D eigenvalue weighted by Gasteiger charge is 2.61. The van der Waals surface area contributed by atoms with Gasteiger partial charge in [-0.15, -0.1) is 0 Å². The second-order valence-electron chi connectivity index (χ2n) is 15.4. The molecule has 0 radical (unpaired) electrons. The van der Waals surface area contributed by atoms with Gasteiger partial charge in [-0.2, -0.15) is 32.2 Å². The number of halogens is 3. The van der Waals surface area contributed by atoms with Gasteiger partial charge in [0.15, 0.2) is 5.76 Å². The van der Waals surface area contributed by atoms with E-state index in [2.05, 4.69) is 18.7 Å². The lowest BCUT2D eigenvalue weighted by Crippen LogP contribution is -2.59. The van der Waals surface area contributed by atoms with Gasteiger partial charge in [0.2, 0.25) is 10.0 Å². The van der Waals surface area contributed by atoms with Crippen LogP contribution in [0.1, 0.15) is 84.6 Å². The molecule has 5 aliphatic rings. The highest BCUT2D eigenvalue weighted by Crippen LogP contribution is 2.68. The van der Waals surface area contributed by atoms with Crippen molar-refractivity contribution in [2.24, 2.45) is 40.4 Å². The van der Waals surface area contributed by atoms with Crippen LogP contribution in [0, 0.1) is 40.4 Å². The molecule has 0 spiro atoms. The summed E-state index contributed by atoms with van der Waals surface area (Å²) in [4.78, 5) is 30.5. The summed E-state index contributed by atoms with van der Waals surface area (Å²) in [7, 11) is -8.69. The van der Waals surface area contributed by atoms with Crippen molar-refractivity contribution in [3.05, 3.63) is 41.7 Å². The molecule has 46 heavy (non-hydrogen) atoms. The van der Waals surface area contributed by atoms with Crippen LogP contribution in [0.2, 0.25) is 0 Å². The predicted molar refractivity (Wildman–Crippen MR) is 169 cm³/mol. The number of hydrogen-bond donors (Lipinski definition) is 3. The Bertz CT molecular complexity index is 1450. The second-order valence-corrected chi connectivity index (χ2v) is 18.5. The minimum Gasteiger partial charge on any atom is -0.297 e. The van der Waals surface area contributed by atoms with Crippen LogP contribution in [0.3, 0.4) is 0 Å². The van der Waals surface area contributed by atoms with Crippen LogP contribution in [-0.4, -0.2) is 64.0 Å². The Morgan fingerprint density at radius 3 is 2.39 bits per heavy atom. The Morgan fingerprint density at radius 2 is 1.70 bits per heavy atom. The third-order valence-corrected chi connectivity index (χ3v) is 15.3. The van der Waals surface area contributed by atoms with Crippen molar-refractivity contribution in [1.29, 1.82) is 0 Å². The van der Waals surface area contributed by atoms with E-state index < -0.39 is 40.9 Å². The van der Waals surface area contributed by atoms with E-state index in [-0.39, 0.29) is 23.4 Å². The Morgan fingerprint density at radius 1 is 0.978 bits per heavy atom. The van der Waals surface area contributed by atoms with Crippen molar-refractivity contribution in [3.8, 4) is 0 Å². The molecule has 4 aliphatic carbocycles. The van der Waals surface area contributed by atoms with Crippen molar-refractivity contribution < 1.29 is 40.8 Å². The number of sulfonamides is 1. The third-order valence-electron chi connectivity index (χ3n) is 12.8. The van der Waals surface area contributed by atoms with Crippen LogP contribution in [0.25, 0.3) is 0 Å². The molecule has 3 N–H and O–H groups in total. The first kappa shape index (κ1) is 34.6. The molecule has 1 heterocycles. The molecule has 3 saturated carbocycles. The van der Waals surface area contributed by atoms with E-state index in [4.69, 9.17) is 4.52 Å². The minimum absolute atomic E-state index is 0.117. The van der Waals surface area contributed by atoms with Crippen LogP contribution in [0.5, 0.6) is 0 Å². The molecule has 5 unspecified atom stereocenters. The number of benzene rings is 1. The maximum Gasteiger partial charge on any atom is 0.613 e. The number of allylic oxidation sites excluding steroid dienone is 2. The van der Waals surface area contributed by atoms with Gasteiger partial charge < -0.3 is 0 Å². The first-order valence-electron chi connectivity index (χ1n) is 16.7. The van der Waals surface area contributed by atoms with Gasteiger partial charge in [-0.3, -0.25) is 9.42 Å². The molecule has 8 nitrogen and oxygen atoms in total. The maximum atomic E-state index is 13.7. The van der Waals surface area contributed by atoms with E-state index in [0.717, 1.165) is 70.0 Å². The second kappa shape index (κ2) is 12.0. The lowest BCUT2D eigenvalue weighted by atomic mass is 9.44. The number of hydrogen-bond acceptors (Lipinski definition) is 7. The molecular formula is C33H49F3N2O6PS+. The lowest BCUT2D eigenvalue weighted by Gasteiger charge is -2.61. The molecule has 0 bridgehead atoms. The Labute approximate surface area is 271 Å². The molecule has 1 aromatic rings. The molecule has 9 atom stereocenters. The zero-order chi connectivity index (χ0) is 33.4. The fourth-order valence-corrected chi connectivity index (χ4v) is 12.9. The smallest absolute Gasteiger partial charge is 0.297 e. The van der Waals surface area contributed by atoms with E-state index in [1.54, 1.807) is 6.92 Å². The van der Waals surface area contributed by atoms with Gasteiger partial charge in [0.1, 0.15) is 0 Å². The van der Waals surface area contributed by atoms with Gasteiger partial charge in [0.25, 0.3) is 0 Å². The molecule has 0 amide bonds. The summed E-state index contributed by atoms with van der Waals surface area (Å²) in [6.45, 7) is 9.89.